The van der Waals surface area contributed by atoms with Crippen LogP contribution in [0.2, 0.25) is 10.0 Å². The maximum Gasteiger partial charge on any atom is 0.233 e. The first-order valence-corrected chi connectivity index (χ1v) is 11.5. The number of hydrogen-bond acceptors (Lipinski definition) is 5. The monoisotopic (exact) mass is 463 g/mol. The van der Waals surface area contributed by atoms with Gasteiger partial charge in [0.2, 0.25) is 5.91 Å². The normalized spacial score (nSPS) is 14.9. The molecule has 3 aromatic rings. The molecule has 0 bridgehead atoms. The molecule has 158 valence electrons. The van der Waals surface area contributed by atoms with Crippen LogP contribution in [-0.4, -0.2) is 55.2 Å². The van der Waals surface area contributed by atoms with Gasteiger partial charge in [0.05, 0.1) is 29.9 Å². The van der Waals surface area contributed by atoms with Crippen molar-refractivity contribution in [2.45, 2.75) is 13.3 Å². The summed E-state index contributed by atoms with van der Waals surface area (Å²) < 4.78 is 6.42. The maximum absolute atomic E-state index is 13.3. The van der Waals surface area contributed by atoms with Gasteiger partial charge in [-0.25, -0.2) is 4.98 Å². The predicted molar refractivity (Wildman–Crippen MR) is 124 cm³/mol. The third-order valence-corrected chi connectivity index (χ3v) is 6.83. The Hall–Kier alpha value is -1.70. The Balaban J connectivity index is 1.61. The fourth-order valence-corrected chi connectivity index (χ4v) is 5.22. The molecule has 1 amide bonds. The Morgan fingerprint density at radius 1 is 1.23 bits per heavy atom. The van der Waals surface area contributed by atoms with Crippen LogP contribution in [0.4, 0.5) is 5.13 Å². The Kier molecular flexibility index (Phi) is 6.91. The highest BCUT2D eigenvalue weighted by Crippen LogP contribution is 2.33. The molecule has 0 N–H and O–H groups in total. The van der Waals surface area contributed by atoms with E-state index in [2.05, 4.69) is 4.90 Å². The SMILES string of the molecule is Cc1cc(Cl)cc2sc(N(CCN3CCOCC3)C(=O)Cc3ccccc3Cl)nc12. The molecule has 0 atom stereocenters. The minimum atomic E-state index is -0.0147. The van der Waals surface area contributed by atoms with Crippen LogP contribution in [0.3, 0.4) is 0 Å². The van der Waals surface area contributed by atoms with Crippen LogP contribution < -0.4 is 4.90 Å². The van der Waals surface area contributed by atoms with Crippen molar-refractivity contribution in [2.24, 2.45) is 0 Å². The van der Waals surface area contributed by atoms with Crippen molar-refractivity contribution in [1.29, 1.82) is 0 Å². The standard InChI is InChI=1S/C22H23Cl2N3O2S/c1-15-12-17(23)14-19-21(15)25-22(30-19)27(7-6-26-8-10-29-11-9-26)20(28)13-16-4-2-3-5-18(16)24/h2-5,12,14H,6-11,13H2,1H3. The van der Waals surface area contributed by atoms with Crippen LogP contribution >= 0.6 is 34.5 Å². The molecule has 0 spiro atoms. The number of morpholine rings is 1. The number of ether oxygens (including phenoxy) is 1. The average Bonchev–Trinajstić information content (AvgIpc) is 3.14. The quantitative estimate of drug-likeness (QED) is 0.525. The number of hydrogen-bond donors (Lipinski definition) is 0. The van der Waals surface area contributed by atoms with E-state index in [1.54, 1.807) is 4.90 Å². The Morgan fingerprint density at radius 3 is 2.77 bits per heavy atom. The van der Waals surface area contributed by atoms with Gasteiger partial charge in [0.25, 0.3) is 0 Å². The number of anilines is 1. The Bertz CT molecular complexity index is 1050. The summed E-state index contributed by atoms with van der Waals surface area (Å²) in [7, 11) is 0. The van der Waals surface area contributed by atoms with E-state index >= 15 is 0 Å². The van der Waals surface area contributed by atoms with E-state index in [9.17, 15) is 4.79 Å². The van der Waals surface area contributed by atoms with Crippen molar-refractivity contribution < 1.29 is 9.53 Å². The minimum absolute atomic E-state index is 0.0147. The first-order chi connectivity index (χ1) is 14.5. The second-order valence-corrected chi connectivity index (χ2v) is 9.19. The van der Waals surface area contributed by atoms with Crippen LogP contribution in [0.15, 0.2) is 36.4 Å². The van der Waals surface area contributed by atoms with Crippen LogP contribution in [0.1, 0.15) is 11.1 Å². The average molecular weight is 464 g/mol. The van der Waals surface area contributed by atoms with Crippen molar-refractivity contribution in [1.82, 2.24) is 9.88 Å². The smallest absolute Gasteiger partial charge is 0.233 e. The molecule has 0 radical (unpaired) electrons. The number of aromatic nitrogens is 1. The minimum Gasteiger partial charge on any atom is -0.379 e. The molecule has 4 rings (SSSR count). The molecule has 1 aromatic heterocycles. The van der Waals surface area contributed by atoms with E-state index in [4.69, 9.17) is 32.9 Å². The zero-order valence-corrected chi connectivity index (χ0v) is 19.1. The topological polar surface area (TPSA) is 45.7 Å². The lowest BCUT2D eigenvalue weighted by Crippen LogP contribution is -2.43. The lowest BCUT2D eigenvalue weighted by atomic mass is 10.1. The highest BCUT2D eigenvalue weighted by molar-refractivity contribution is 7.22. The van der Waals surface area contributed by atoms with Gasteiger partial charge in [-0.15, -0.1) is 0 Å². The van der Waals surface area contributed by atoms with Crippen LogP contribution in [-0.2, 0) is 16.0 Å². The first kappa shape index (κ1) is 21.5. The second-order valence-electron chi connectivity index (χ2n) is 7.33. The number of rotatable bonds is 6. The van der Waals surface area contributed by atoms with Crippen LogP contribution in [0.5, 0.6) is 0 Å². The van der Waals surface area contributed by atoms with Crippen molar-refractivity contribution in [2.75, 3.05) is 44.3 Å². The molecule has 30 heavy (non-hydrogen) atoms. The summed E-state index contributed by atoms with van der Waals surface area (Å²) >= 11 is 14.0. The van der Waals surface area contributed by atoms with Crippen molar-refractivity contribution in [3.05, 3.63) is 57.6 Å². The highest BCUT2D eigenvalue weighted by Gasteiger charge is 2.23. The summed E-state index contributed by atoms with van der Waals surface area (Å²) in [6, 6.07) is 11.3. The molecule has 0 unspecified atom stereocenters. The fourth-order valence-electron chi connectivity index (χ4n) is 3.55. The first-order valence-electron chi connectivity index (χ1n) is 9.92. The number of thiazole rings is 1. The molecule has 1 aliphatic heterocycles. The summed E-state index contributed by atoms with van der Waals surface area (Å²) in [6.45, 7) is 6.53. The van der Waals surface area contributed by atoms with E-state index in [1.165, 1.54) is 11.3 Å². The van der Waals surface area contributed by atoms with E-state index in [0.717, 1.165) is 54.2 Å². The van der Waals surface area contributed by atoms with Crippen molar-refractivity contribution in [3.8, 4) is 0 Å². The summed E-state index contributed by atoms with van der Waals surface area (Å²) in [4.78, 5) is 22.2. The molecule has 1 aliphatic rings. The third-order valence-electron chi connectivity index (χ3n) is 5.21. The third kappa shape index (κ3) is 4.95. The molecule has 1 saturated heterocycles. The highest BCUT2D eigenvalue weighted by atomic mass is 35.5. The number of fused-ring (bicyclic) bond motifs is 1. The number of amides is 1. The molecule has 5 nitrogen and oxygen atoms in total. The molecule has 8 heteroatoms. The fraction of sp³-hybridized carbons (Fsp3) is 0.364. The summed E-state index contributed by atoms with van der Waals surface area (Å²) in [5, 5.41) is 1.98. The Morgan fingerprint density at radius 2 is 2.00 bits per heavy atom. The van der Waals surface area contributed by atoms with Crippen LogP contribution in [0.25, 0.3) is 10.2 Å². The van der Waals surface area contributed by atoms with Gasteiger partial charge in [-0.05, 0) is 36.2 Å². The molecular weight excluding hydrogens is 441 g/mol. The lowest BCUT2D eigenvalue weighted by Gasteiger charge is -2.29. The molecule has 0 aliphatic carbocycles. The van der Waals surface area contributed by atoms with E-state index in [0.29, 0.717) is 21.7 Å². The van der Waals surface area contributed by atoms with E-state index < -0.39 is 0 Å². The number of carbonyl (C=O) groups is 1. The number of nitrogens with zero attached hydrogens (tertiary/aromatic N) is 3. The van der Waals surface area contributed by atoms with Gasteiger partial charge < -0.3 is 4.74 Å². The second kappa shape index (κ2) is 9.62. The molecular formula is C22H23Cl2N3O2S. The number of benzene rings is 2. The largest absolute Gasteiger partial charge is 0.379 e. The summed E-state index contributed by atoms with van der Waals surface area (Å²) in [5.74, 6) is -0.0147. The van der Waals surface area contributed by atoms with Crippen molar-refractivity contribution >= 4 is 55.8 Å². The van der Waals surface area contributed by atoms with Gasteiger partial charge in [-0.1, -0.05) is 52.7 Å². The molecule has 2 aromatic carbocycles. The zero-order valence-electron chi connectivity index (χ0n) is 16.7. The van der Waals surface area contributed by atoms with Gasteiger partial charge in [0, 0.05) is 36.2 Å². The number of aryl methyl sites for hydroxylation is 1. The number of carbonyl (C=O) groups excluding carboxylic acids is 1. The van der Waals surface area contributed by atoms with E-state index in [1.807, 2.05) is 43.3 Å². The number of halogens is 2. The van der Waals surface area contributed by atoms with Gasteiger partial charge >= 0.3 is 0 Å². The van der Waals surface area contributed by atoms with Gasteiger partial charge in [-0.2, -0.15) is 0 Å². The molecule has 1 fully saturated rings. The van der Waals surface area contributed by atoms with Gasteiger partial charge in [0.1, 0.15) is 0 Å². The summed E-state index contributed by atoms with van der Waals surface area (Å²) in [6.07, 6.45) is 0.235. The molecule has 2 heterocycles. The maximum atomic E-state index is 13.3. The Labute approximate surface area is 190 Å². The van der Waals surface area contributed by atoms with Crippen molar-refractivity contribution in [3.63, 3.8) is 0 Å². The molecule has 0 saturated carbocycles. The summed E-state index contributed by atoms with van der Waals surface area (Å²) in [5.41, 5.74) is 2.72. The predicted octanol–water partition coefficient (Wildman–Crippen LogP) is 4.82. The van der Waals surface area contributed by atoms with Crippen LogP contribution in [0, 0.1) is 6.92 Å². The zero-order chi connectivity index (χ0) is 21.1. The van der Waals surface area contributed by atoms with Gasteiger partial charge in [-0.3, -0.25) is 14.6 Å². The van der Waals surface area contributed by atoms with E-state index in [-0.39, 0.29) is 12.3 Å². The lowest BCUT2D eigenvalue weighted by molar-refractivity contribution is -0.118. The van der Waals surface area contributed by atoms with Gasteiger partial charge in [0.15, 0.2) is 5.13 Å².